The largest absolute Gasteiger partial charge is 0.368 e. The molecule has 21 heavy (non-hydrogen) atoms. The topological polar surface area (TPSA) is 66.8 Å². The number of hydrogen-bond acceptors (Lipinski definition) is 4. The Hall–Kier alpha value is -0.940. The minimum absolute atomic E-state index is 0.0478. The summed E-state index contributed by atoms with van der Waals surface area (Å²) in [6, 6.07) is 0. The average molecular weight is 299 g/mol. The predicted octanol–water partition coefficient (Wildman–Crippen LogP) is 2.67. The minimum Gasteiger partial charge on any atom is -0.368 e. The first-order chi connectivity index (χ1) is 9.12. The van der Waals surface area contributed by atoms with Crippen molar-refractivity contribution in [3.8, 4) is 0 Å². The predicted molar refractivity (Wildman–Crippen MR) is 80.1 cm³/mol. The van der Waals surface area contributed by atoms with Crippen LogP contribution in [0.3, 0.4) is 0 Å². The summed E-state index contributed by atoms with van der Waals surface area (Å²) < 4.78 is 0. The molecule has 1 fully saturated rings. The Morgan fingerprint density at radius 3 is 1.95 bits per heavy atom. The maximum absolute atomic E-state index is 12.3. The lowest BCUT2D eigenvalue weighted by molar-refractivity contribution is -0.275. The van der Waals surface area contributed by atoms with Crippen molar-refractivity contribution in [1.82, 2.24) is 5.06 Å². The summed E-state index contributed by atoms with van der Waals surface area (Å²) in [5, 5.41) is 12.0. The number of carbonyl (C=O) groups excluding carboxylic acids is 2. The first kappa shape index (κ1) is 18.1. The smallest absolute Gasteiger partial charge is 0.245 e. The van der Waals surface area contributed by atoms with Crippen LogP contribution in [0, 0.1) is 10.8 Å². The molecule has 2 atom stereocenters. The van der Waals surface area contributed by atoms with Gasteiger partial charge in [0.05, 0.1) is 0 Å². The molecular weight excluding hydrogens is 270 g/mol. The monoisotopic (exact) mass is 299 g/mol. The van der Waals surface area contributed by atoms with Gasteiger partial charge in [-0.1, -0.05) is 41.5 Å². The molecule has 1 saturated heterocycles. The van der Waals surface area contributed by atoms with Gasteiger partial charge in [-0.05, 0) is 6.92 Å². The van der Waals surface area contributed by atoms with Crippen LogP contribution < -0.4 is 0 Å². The molecule has 0 saturated carbocycles. The van der Waals surface area contributed by atoms with E-state index in [1.165, 1.54) is 6.92 Å². The maximum atomic E-state index is 12.3. The van der Waals surface area contributed by atoms with Crippen molar-refractivity contribution in [3.05, 3.63) is 0 Å². The second-order valence-corrected chi connectivity index (χ2v) is 8.45. The molecule has 0 aromatic carbocycles. The first-order valence-corrected chi connectivity index (χ1v) is 7.38. The third kappa shape index (κ3) is 3.46. The van der Waals surface area contributed by atoms with E-state index in [9.17, 15) is 14.7 Å². The molecule has 1 aliphatic heterocycles. The number of hydroxylamine groups is 2. The average Bonchev–Trinajstić information content (AvgIpc) is 2.49. The van der Waals surface area contributed by atoms with E-state index in [0.717, 1.165) is 5.06 Å². The van der Waals surface area contributed by atoms with Gasteiger partial charge in [0.1, 0.15) is 11.4 Å². The fourth-order valence-electron chi connectivity index (χ4n) is 2.52. The molecule has 0 radical (unpaired) electrons. The molecule has 1 aliphatic rings. The number of hydrogen-bond donors (Lipinski definition) is 1. The standard InChI is InChI=1S/C16H29NO4/c1-11(18)17-16(20,14(5,6)7)10-15(8,21-17)9-12(19)13(2,3)4/h20H,9-10H2,1-8H3/t15-,16+/m0/s1. The van der Waals surface area contributed by atoms with Gasteiger partial charge in [0.2, 0.25) is 5.91 Å². The third-order valence-electron chi connectivity index (χ3n) is 4.13. The molecule has 5 heteroatoms. The number of ketones is 1. The van der Waals surface area contributed by atoms with Gasteiger partial charge in [-0.15, -0.1) is 0 Å². The van der Waals surface area contributed by atoms with Gasteiger partial charge in [0.25, 0.3) is 0 Å². The van der Waals surface area contributed by atoms with Crippen molar-refractivity contribution in [3.63, 3.8) is 0 Å². The zero-order chi connectivity index (χ0) is 16.9. The van der Waals surface area contributed by atoms with Crippen molar-refractivity contribution >= 4 is 11.7 Å². The van der Waals surface area contributed by atoms with Crippen molar-refractivity contribution in [1.29, 1.82) is 0 Å². The number of rotatable bonds is 2. The summed E-state index contributed by atoms with van der Waals surface area (Å²) in [7, 11) is 0. The number of Topliss-reactive ketones (excluding diaryl/α,β-unsaturated/α-hetero) is 1. The summed E-state index contributed by atoms with van der Waals surface area (Å²) in [5.41, 5.74) is -3.36. The van der Waals surface area contributed by atoms with E-state index < -0.39 is 22.2 Å². The van der Waals surface area contributed by atoms with Crippen molar-refractivity contribution in [2.24, 2.45) is 10.8 Å². The zero-order valence-corrected chi connectivity index (χ0v) is 14.5. The van der Waals surface area contributed by atoms with Crippen LogP contribution in [0.25, 0.3) is 0 Å². The highest BCUT2D eigenvalue weighted by Crippen LogP contribution is 2.48. The molecule has 0 bridgehead atoms. The highest BCUT2D eigenvalue weighted by Gasteiger charge is 2.59. The van der Waals surface area contributed by atoms with Gasteiger partial charge < -0.3 is 5.11 Å². The highest BCUT2D eigenvalue weighted by molar-refractivity contribution is 5.84. The van der Waals surface area contributed by atoms with Crippen LogP contribution in [-0.2, 0) is 14.4 Å². The van der Waals surface area contributed by atoms with Gasteiger partial charge in [0, 0.05) is 30.6 Å². The Kier molecular flexibility index (Phi) is 4.36. The Morgan fingerprint density at radius 2 is 1.67 bits per heavy atom. The molecule has 122 valence electrons. The minimum atomic E-state index is -1.42. The second-order valence-electron chi connectivity index (χ2n) is 8.45. The number of carbonyl (C=O) groups is 2. The molecule has 1 N–H and O–H groups in total. The summed E-state index contributed by atoms with van der Waals surface area (Å²) in [5.74, 6) is -0.314. The molecule has 1 heterocycles. The van der Waals surface area contributed by atoms with Crippen LogP contribution in [0.5, 0.6) is 0 Å². The molecule has 0 aromatic heterocycles. The van der Waals surface area contributed by atoms with Crippen LogP contribution in [0.4, 0.5) is 0 Å². The van der Waals surface area contributed by atoms with Crippen LogP contribution in [-0.4, -0.2) is 33.2 Å². The van der Waals surface area contributed by atoms with Gasteiger partial charge >= 0.3 is 0 Å². The SMILES string of the molecule is CC(=O)N1O[C@@](C)(CC(=O)C(C)(C)C)C[C@@]1(O)C(C)(C)C. The quantitative estimate of drug-likeness (QED) is 0.851. The van der Waals surface area contributed by atoms with E-state index in [1.54, 1.807) is 6.92 Å². The Labute approximate surface area is 127 Å². The lowest BCUT2D eigenvalue weighted by Gasteiger charge is -2.40. The molecular formula is C16H29NO4. The molecule has 1 rings (SSSR count). The van der Waals surface area contributed by atoms with E-state index in [0.29, 0.717) is 0 Å². The lowest BCUT2D eigenvalue weighted by Crippen LogP contribution is -2.54. The van der Waals surface area contributed by atoms with E-state index in [2.05, 4.69) is 0 Å². The molecule has 5 nitrogen and oxygen atoms in total. The van der Waals surface area contributed by atoms with Crippen LogP contribution in [0.15, 0.2) is 0 Å². The van der Waals surface area contributed by atoms with E-state index in [-0.39, 0.29) is 24.5 Å². The molecule has 0 unspecified atom stereocenters. The fourth-order valence-corrected chi connectivity index (χ4v) is 2.52. The molecule has 0 aromatic rings. The summed E-state index contributed by atoms with van der Waals surface area (Å²) in [6.07, 6.45) is 0.379. The number of amides is 1. The molecule has 1 amide bonds. The summed E-state index contributed by atoms with van der Waals surface area (Å²) in [6.45, 7) is 14.2. The maximum Gasteiger partial charge on any atom is 0.245 e. The van der Waals surface area contributed by atoms with Crippen molar-refractivity contribution in [2.75, 3.05) is 0 Å². The normalized spacial score (nSPS) is 30.6. The third-order valence-corrected chi connectivity index (χ3v) is 4.13. The Morgan fingerprint density at radius 1 is 1.19 bits per heavy atom. The summed E-state index contributed by atoms with van der Waals surface area (Å²) in [4.78, 5) is 29.9. The highest BCUT2D eigenvalue weighted by atomic mass is 16.7. The van der Waals surface area contributed by atoms with Gasteiger partial charge in [-0.2, -0.15) is 5.06 Å². The fraction of sp³-hybridized carbons (Fsp3) is 0.875. The van der Waals surface area contributed by atoms with E-state index >= 15 is 0 Å². The Bertz CT molecular complexity index is 446. The van der Waals surface area contributed by atoms with Crippen LogP contribution in [0.2, 0.25) is 0 Å². The number of aliphatic hydroxyl groups is 1. The molecule has 0 aliphatic carbocycles. The van der Waals surface area contributed by atoms with Crippen LogP contribution in [0.1, 0.15) is 68.2 Å². The lowest BCUT2D eigenvalue weighted by atomic mass is 9.75. The van der Waals surface area contributed by atoms with E-state index in [4.69, 9.17) is 4.84 Å². The van der Waals surface area contributed by atoms with Gasteiger partial charge in [-0.3, -0.25) is 14.4 Å². The van der Waals surface area contributed by atoms with Crippen LogP contribution >= 0.6 is 0 Å². The second kappa shape index (κ2) is 5.06. The van der Waals surface area contributed by atoms with E-state index in [1.807, 2.05) is 41.5 Å². The van der Waals surface area contributed by atoms with Crippen molar-refractivity contribution < 1.29 is 19.5 Å². The number of nitrogens with zero attached hydrogens (tertiary/aromatic N) is 1. The first-order valence-electron chi connectivity index (χ1n) is 7.38. The van der Waals surface area contributed by atoms with Crippen molar-refractivity contribution in [2.45, 2.75) is 79.6 Å². The van der Waals surface area contributed by atoms with Gasteiger partial charge in [0.15, 0.2) is 5.72 Å². The zero-order valence-electron chi connectivity index (χ0n) is 14.5. The molecule has 0 spiro atoms. The Balaban J connectivity index is 3.10. The van der Waals surface area contributed by atoms with Gasteiger partial charge in [-0.25, -0.2) is 0 Å². The summed E-state index contributed by atoms with van der Waals surface area (Å²) >= 11 is 0.